The zero-order valence-corrected chi connectivity index (χ0v) is 14.1. The number of hydrogen-bond acceptors (Lipinski definition) is 5. The zero-order chi connectivity index (χ0) is 16.2. The van der Waals surface area contributed by atoms with E-state index in [1.807, 2.05) is 31.2 Å². The molecule has 6 heteroatoms. The third-order valence-electron chi connectivity index (χ3n) is 3.57. The van der Waals surface area contributed by atoms with Crippen molar-refractivity contribution in [2.24, 2.45) is 0 Å². The van der Waals surface area contributed by atoms with Crippen LogP contribution in [0.25, 0.3) is 0 Å². The Bertz CT molecular complexity index is 722. The summed E-state index contributed by atoms with van der Waals surface area (Å²) in [5.74, 6) is 0.732. The maximum Gasteiger partial charge on any atom is 0.244 e. The van der Waals surface area contributed by atoms with Gasteiger partial charge in [-0.2, -0.15) is 4.98 Å². The van der Waals surface area contributed by atoms with E-state index in [0.29, 0.717) is 12.2 Å². The van der Waals surface area contributed by atoms with Crippen LogP contribution in [0.1, 0.15) is 54.8 Å². The lowest BCUT2D eigenvalue weighted by atomic mass is 10.2. The quantitative estimate of drug-likeness (QED) is 0.781. The standard InChI is InChI=1S/C16H22N2O3S/c1-4-5-9-15-17-16(21-18-15)13(3)22(19,20)11-14-8-6-7-12(2)10-14/h6-8,10,13H,4-5,9,11H2,1-3H3/t13-/m1/s1. The molecule has 22 heavy (non-hydrogen) atoms. The van der Waals surface area contributed by atoms with E-state index in [-0.39, 0.29) is 11.6 Å². The summed E-state index contributed by atoms with van der Waals surface area (Å²) in [4.78, 5) is 4.22. The molecule has 2 aromatic rings. The molecule has 0 fully saturated rings. The Hall–Kier alpha value is -1.69. The Morgan fingerprint density at radius 1 is 1.32 bits per heavy atom. The van der Waals surface area contributed by atoms with Crippen LogP contribution in [0.15, 0.2) is 28.8 Å². The van der Waals surface area contributed by atoms with Crippen LogP contribution >= 0.6 is 0 Å². The van der Waals surface area contributed by atoms with Gasteiger partial charge in [0, 0.05) is 6.42 Å². The molecule has 0 radical (unpaired) electrons. The molecule has 0 aliphatic rings. The maximum atomic E-state index is 12.5. The average molecular weight is 322 g/mol. The van der Waals surface area contributed by atoms with Crippen LogP contribution in [-0.4, -0.2) is 18.6 Å². The molecule has 0 N–H and O–H groups in total. The highest BCUT2D eigenvalue weighted by Gasteiger charge is 2.28. The van der Waals surface area contributed by atoms with Crippen molar-refractivity contribution in [3.05, 3.63) is 47.1 Å². The van der Waals surface area contributed by atoms with E-state index in [0.717, 1.165) is 24.0 Å². The van der Waals surface area contributed by atoms with E-state index in [2.05, 4.69) is 17.1 Å². The summed E-state index contributed by atoms with van der Waals surface area (Å²) in [6.07, 6.45) is 2.71. The van der Waals surface area contributed by atoms with Crippen molar-refractivity contribution in [3.63, 3.8) is 0 Å². The molecule has 0 bridgehead atoms. The van der Waals surface area contributed by atoms with Gasteiger partial charge in [0.1, 0.15) is 5.25 Å². The summed E-state index contributed by atoms with van der Waals surface area (Å²) in [7, 11) is -3.39. The van der Waals surface area contributed by atoms with Crippen LogP contribution in [0.3, 0.4) is 0 Å². The highest BCUT2D eigenvalue weighted by molar-refractivity contribution is 7.90. The molecule has 1 heterocycles. The van der Waals surface area contributed by atoms with Gasteiger partial charge in [-0.1, -0.05) is 48.3 Å². The molecular weight excluding hydrogens is 300 g/mol. The first-order chi connectivity index (χ1) is 10.4. The van der Waals surface area contributed by atoms with Gasteiger partial charge in [0.15, 0.2) is 15.7 Å². The van der Waals surface area contributed by atoms with Crippen LogP contribution in [0.5, 0.6) is 0 Å². The van der Waals surface area contributed by atoms with Gasteiger partial charge in [0.05, 0.1) is 5.75 Å². The molecule has 1 aromatic carbocycles. The second-order valence-corrected chi connectivity index (χ2v) is 7.91. The van der Waals surface area contributed by atoms with E-state index in [1.54, 1.807) is 6.92 Å². The van der Waals surface area contributed by atoms with Crippen LogP contribution in [0, 0.1) is 6.92 Å². The molecule has 1 aromatic heterocycles. The second-order valence-electron chi connectivity index (χ2n) is 5.59. The Morgan fingerprint density at radius 2 is 2.09 bits per heavy atom. The summed E-state index contributed by atoms with van der Waals surface area (Å²) in [6, 6.07) is 7.50. The van der Waals surface area contributed by atoms with Crippen molar-refractivity contribution in [3.8, 4) is 0 Å². The lowest BCUT2D eigenvalue weighted by Crippen LogP contribution is -2.13. The Labute approximate surface area is 131 Å². The van der Waals surface area contributed by atoms with Gasteiger partial charge in [0.2, 0.25) is 5.89 Å². The van der Waals surface area contributed by atoms with Gasteiger partial charge in [-0.3, -0.25) is 0 Å². The van der Waals surface area contributed by atoms with Crippen molar-refractivity contribution in [2.75, 3.05) is 0 Å². The fourth-order valence-electron chi connectivity index (χ4n) is 2.18. The van der Waals surface area contributed by atoms with E-state index < -0.39 is 15.1 Å². The molecule has 120 valence electrons. The van der Waals surface area contributed by atoms with Gasteiger partial charge in [-0.05, 0) is 25.8 Å². The summed E-state index contributed by atoms with van der Waals surface area (Å²) in [5.41, 5.74) is 1.82. The largest absolute Gasteiger partial charge is 0.338 e. The molecule has 0 saturated heterocycles. The SMILES string of the molecule is CCCCc1noc([C@@H](C)S(=O)(=O)Cc2cccc(C)c2)n1. The van der Waals surface area contributed by atoms with E-state index in [9.17, 15) is 8.42 Å². The van der Waals surface area contributed by atoms with Crippen LogP contribution in [0.4, 0.5) is 0 Å². The van der Waals surface area contributed by atoms with Gasteiger partial charge < -0.3 is 4.52 Å². The molecule has 0 spiro atoms. The first-order valence-electron chi connectivity index (χ1n) is 7.52. The smallest absolute Gasteiger partial charge is 0.244 e. The minimum Gasteiger partial charge on any atom is -0.338 e. The minimum absolute atomic E-state index is 0.0253. The molecule has 0 unspecified atom stereocenters. The van der Waals surface area contributed by atoms with Gasteiger partial charge in [-0.25, -0.2) is 8.42 Å². The summed E-state index contributed by atoms with van der Waals surface area (Å²) >= 11 is 0. The number of hydrogen-bond donors (Lipinski definition) is 0. The van der Waals surface area contributed by atoms with Crippen LogP contribution in [-0.2, 0) is 22.0 Å². The number of benzene rings is 1. The van der Waals surface area contributed by atoms with Crippen molar-refractivity contribution in [1.82, 2.24) is 10.1 Å². The molecular formula is C16H22N2O3S. The lowest BCUT2D eigenvalue weighted by molar-refractivity contribution is 0.370. The molecule has 1 atom stereocenters. The normalized spacial score (nSPS) is 13.2. The zero-order valence-electron chi connectivity index (χ0n) is 13.2. The molecule has 5 nitrogen and oxygen atoms in total. The topological polar surface area (TPSA) is 73.1 Å². The average Bonchev–Trinajstić information content (AvgIpc) is 2.92. The van der Waals surface area contributed by atoms with E-state index >= 15 is 0 Å². The number of aromatic nitrogens is 2. The first-order valence-corrected chi connectivity index (χ1v) is 9.23. The number of unbranched alkanes of at least 4 members (excludes halogenated alkanes) is 1. The molecule has 0 amide bonds. The van der Waals surface area contributed by atoms with E-state index in [1.165, 1.54) is 0 Å². The predicted octanol–water partition coefficient (Wildman–Crippen LogP) is 3.40. The third-order valence-corrected chi connectivity index (χ3v) is 5.59. The van der Waals surface area contributed by atoms with Crippen molar-refractivity contribution in [1.29, 1.82) is 0 Å². The summed E-state index contributed by atoms with van der Waals surface area (Å²) in [6.45, 7) is 5.62. The van der Waals surface area contributed by atoms with Gasteiger partial charge in [-0.15, -0.1) is 0 Å². The maximum absolute atomic E-state index is 12.5. The molecule has 2 rings (SSSR count). The van der Waals surface area contributed by atoms with Crippen molar-refractivity contribution < 1.29 is 12.9 Å². The third kappa shape index (κ3) is 4.16. The van der Waals surface area contributed by atoms with E-state index in [4.69, 9.17) is 4.52 Å². The van der Waals surface area contributed by atoms with Crippen LogP contribution < -0.4 is 0 Å². The number of sulfone groups is 1. The Balaban J connectivity index is 2.13. The highest BCUT2D eigenvalue weighted by atomic mass is 32.2. The molecule has 0 saturated carbocycles. The highest BCUT2D eigenvalue weighted by Crippen LogP contribution is 2.24. The Morgan fingerprint density at radius 3 is 2.77 bits per heavy atom. The fourth-order valence-corrected chi connectivity index (χ4v) is 3.48. The summed E-state index contributed by atoms with van der Waals surface area (Å²) in [5, 5.41) is 3.06. The first kappa shape index (κ1) is 16.7. The second kappa shape index (κ2) is 7.05. The minimum atomic E-state index is -3.39. The van der Waals surface area contributed by atoms with Crippen LogP contribution in [0.2, 0.25) is 0 Å². The van der Waals surface area contributed by atoms with Crippen molar-refractivity contribution in [2.45, 2.75) is 51.0 Å². The lowest BCUT2D eigenvalue weighted by Gasteiger charge is -2.09. The predicted molar refractivity (Wildman–Crippen MR) is 85.1 cm³/mol. The van der Waals surface area contributed by atoms with Gasteiger partial charge in [0.25, 0.3) is 0 Å². The number of rotatable bonds is 7. The molecule has 0 aliphatic carbocycles. The Kier molecular flexibility index (Phi) is 5.34. The fraction of sp³-hybridized carbons (Fsp3) is 0.500. The summed E-state index contributed by atoms with van der Waals surface area (Å²) < 4.78 is 30.1. The van der Waals surface area contributed by atoms with Gasteiger partial charge >= 0.3 is 0 Å². The molecule has 0 aliphatic heterocycles. The number of aryl methyl sites for hydroxylation is 2. The monoisotopic (exact) mass is 322 g/mol. The number of nitrogens with zero attached hydrogens (tertiary/aromatic N) is 2. The van der Waals surface area contributed by atoms with Crippen molar-refractivity contribution >= 4 is 9.84 Å².